The molecule has 0 fully saturated rings. The lowest BCUT2D eigenvalue weighted by Gasteiger charge is -2.09. The van der Waals surface area contributed by atoms with Crippen molar-refractivity contribution in [1.82, 2.24) is 15.3 Å². The summed E-state index contributed by atoms with van der Waals surface area (Å²) in [7, 11) is 1.73. The minimum absolute atomic E-state index is 0.0789. The molecule has 0 unspecified atom stereocenters. The molecule has 0 spiro atoms. The lowest BCUT2D eigenvalue weighted by Crippen LogP contribution is -2.24. The Hall–Kier alpha value is -3.06. The van der Waals surface area contributed by atoms with E-state index in [2.05, 4.69) is 25.9 Å². The lowest BCUT2D eigenvalue weighted by molar-refractivity contribution is -0.115. The molecule has 0 radical (unpaired) electrons. The third-order valence-electron chi connectivity index (χ3n) is 3.88. The van der Waals surface area contributed by atoms with Gasteiger partial charge in [-0.3, -0.25) is 4.79 Å². The second-order valence-corrected chi connectivity index (χ2v) is 5.84. The number of aromatic nitrogens is 2. The van der Waals surface area contributed by atoms with Crippen LogP contribution >= 0.6 is 0 Å². The first-order valence-electron chi connectivity index (χ1n) is 8.33. The average Bonchev–Trinajstić information content (AvgIpc) is 2.64. The molecule has 1 aromatic heterocycles. The van der Waals surface area contributed by atoms with Gasteiger partial charge < -0.3 is 16.0 Å². The van der Waals surface area contributed by atoms with Crippen LogP contribution in [-0.2, 0) is 11.2 Å². The first-order valence-corrected chi connectivity index (χ1v) is 8.33. The minimum Gasteiger partial charge on any atom is -0.369 e. The van der Waals surface area contributed by atoms with Crippen LogP contribution in [0.15, 0.2) is 48.8 Å². The van der Waals surface area contributed by atoms with Crippen LogP contribution in [0.3, 0.4) is 0 Å². The van der Waals surface area contributed by atoms with Crippen molar-refractivity contribution in [3.05, 3.63) is 60.2 Å². The summed E-state index contributed by atoms with van der Waals surface area (Å²) in [5.41, 5.74) is 2.58. The van der Waals surface area contributed by atoms with E-state index in [1.165, 1.54) is 18.5 Å². The van der Waals surface area contributed by atoms with E-state index in [1.807, 2.05) is 24.3 Å². The standard InChI is InChI=1S/C19H20FN5O/c1-21-11-18(26)25-15-5-2-13(3-6-15)8-9-22-19-16-10-14(20)4-7-17(16)23-12-24-19/h2-7,10,12,21H,8-9,11H2,1H3,(H,25,26)(H,22,23,24). The molecule has 0 aliphatic heterocycles. The Morgan fingerprint density at radius 2 is 1.92 bits per heavy atom. The number of hydrogen-bond donors (Lipinski definition) is 3. The molecule has 0 saturated carbocycles. The molecule has 3 aromatic rings. The number of carbonyl (C=O) groups is 1. The van der Waals surface area contributed by atoms with Crippen molar-refractivity contribution in [2.24, 2.45) is 0 Å². The molecular weight excluding hydrogens is 333 g/mol. The molecule has 1 amide bonds. The highest BCUT2D eigenvalue weighted by Crippen LogP contribution is 2.20. The topological polar surface area (TPSA) is 78.9 Å². The van der Waals surface area contributed by atoms with Crippen LogP contribution in [0.1, 0.15) is 5.56 Å². The zero-order valence-electron chi connectivity index (χ0n) is 14.4. The predicted octanol–water partition coefficient (Wildman–Crippen LogP) is 2.58. The number of rotatable bonds is 7. The maximum atomic E-state index is 13.5. The van der Waals surface area contributed by atoms with E-state index in [-0.39, 0.29) is 18.3 Å². The van der Waals surface area contributed by atoms with Crippen molar-refractivity contribution in [1.29, 1.82) is 0 Å². The van der Waals surface area contributed by atoms with Crippen LogP contribution < -0.4 is 16.0 Å². The summed E-state index contributed by atoms with van der Waals surface area (Å²) in [6.07, 6.45) is 2.23. The highest BCUT2D eigenvalue weighted by molar-refractivity contribution is 5.92. The number of fused-ring (bicyclic) bond motifs is 1. The van der Waals surface area contributed by atoms with Crippen LogP contribution in [0, 0.1) is 5.82 Å². The molecule has 26 heavy (non-hydrogen) atoms. The van der Waals surface area contributed by atoms with Crippen LogP contribution in [0.4, 0.5) is 15.9 Å². The Kier molecular flexibility index (Phi) is 5.70. The Bertz CT molecular complexity index is 898. The molecule has 0 atom stereocenters. The highest BCUT2D eigenvalue weighted by Gasteiger charge is 2.05. The third kappa shape index (κ3) is 4.52. The van der Waals surface area contributed by atoms with Crippen molar-refractivity contribution in [2.75, 3.05) is 30.8 Å². The number of hydrogen-bond acceptors (Lipinski definition) is 5. The van der Waals surface area contributed by atoms with Crippen molar-refractivity contribution in [2.45, 2.75) is 6.42 Å². The summed E-state index contributed by atoms with van der Waals surface area (Å²) in [5, 5.41) is 9.51. The van der Waals surface area contributed by atoms with Crippen molar-refractivity contribution >= 4 is 28.3 Å². The van der Waals surface area contributed by atoms with Gasteiger partial charge >= 0.3 is 0 Å². The molecule has 134 valence electrons. The molecule has 2 aromatic carbocycles. The van der Waals surface area contributed by atoms with E-state index in [1.54, 1.807) is 13.1 Å². The van der Waals surface area contributed by atoms with Crippen LogP contribution in [-0.4, -0.2) is 36.0 Å². The summed E-state index contributed by atoms with van der Waals surface area (Å²) in [6, 6.07) is 12.1. The van der Waals surface area contributed by atoms with Crippen LogP contribution in [0.5, 0.6) is 0 Å². The van der Waals surface area contributed by atoms with Crippen molar-refractivity contribution < 1.29 is 9.18 Å². The fourth-order valence-corrected chi connectivity index (χ4v) is 2.62. The Balaban J connectivity index is 1.58. The third-order valence-corrected chi connectivity index (χ3v) is 3.88. The first-order chi connectivity index (χ1) is 12.7. The second-order valence-electron chi connectivity index (χ2n) is 5.84. The van der Waals surface area contributed by atoms with Crippen molar-refractivity contribution in [3.8, 4) is 0 Å². The van der Waals surface area contributed by atoms with Gasteiger partial charge in [0.2, 0.25) is 5.91 Å². The number of nitrogens with zero attached hydrogens (tertiary/aromatic N) is 2. The molecule has 1 heterocycles. The largest absolute Gasteiger partial charge is 0.369 e. The smallest absolute Gasteiger partial charge is 0.238 e. The van der Waals surface area contributed by atoms with E-state index < -0.39 is 0 Å². The van der Waals surface area contributed by atoms with Gasteiger partial charge in [-0.05, 0) is 49.4 Å². The first kappa shape index (κ1) is 17.8. The monoisotopic (exact) mass is 353 g/mol. The van der Waals surface area contributed by atoms with E-state index in [0.717, 1.165) is 17.7 Å². The van der Waals surface area contributed by atoms with Gasteiger partial charge in [0.15, 0.2) is 0 Å². The molecule has 3 N–H and O–H groups in total. The second kappa shape index (κ2) is 8.35. The maximum Gasteiger partial charge on any atom is 0.238 e. The molecular formula is C19H20FN5O. The fraction of sp³-hybridized carbons (Fsp3) is 0.211. The van der Waals surface area contributed by atoms with Gasteiger partial charge in [-0.1, -0.05) is 12.1 Å². The number of anilines is 2. The van der Waals surface area contributed by atoms with Crippen LogP contribution in [0.25, 0.3) is 10.9 Å². The minimum atomic E-state index is -0.314. The summed E-state index contributed by atoms with van der Waals surface area (Å²) >= 11 is 0. The molecule has 6 nitrogen and oxygen atoms in total. The molecule has 0 saturated heterocycles. The van der Waals surface area contributed by atoms with Gasteiger partial charge in [0.1, 0.15) is 18.0 Å². The number of nitrogens with one attached hydrogen (secondary N) is 3. The molecule has 3 rings (SSSR count). The molecule has 7 heteroatoms. The van der Waals surface area contributed by atoms with Gasteiger partial charge in [-0.25, -0.2) is 14.4 Å². The zero-order valence-corrected chi connectivity index (χ0v) is 14.4. The molecule has 0 aliphatic rings. The number of likely N-dealkylation sites (N-methyl/N-ethyl adjacent to an activating group) is 1. The van der Waals surface area contributed by atoms with Gasteiger partial charge in [-0.2, -0.15) is 0 Å². The quantitative estimate of drug-likeness (QED) is 0.608. The predicted molar refractivity (Wildman–Crippen MR) is 101 cm³/mol. The normalized spacial score (nSPS) is 10.7. The van der Waals surface area contributed by atoms with Gasteiger partial charge in [0, 0.05) is 17.6 Å². The van der Waals surface area contributed by atoms with Crippen LogP contribution in [0.2, 0.25) is 0 Å². The lowest BCUT2D eigenvalue weighted by atomic mass is 10.1. The van der Waals surface area contributed by atoms with Crippen molar-refractivity contribution in [3.63, 3.8) is 0 Å². The van der Waals surface area contributed by atoms with Gasteiger partial charge in [0.05, 0.1) is 12.1 Å². The van der Waals surface area contributed by atoms with E-state index in [0.29, 0.717) is 23.3 Å². The molecule has 0 aliphatic carbocycles. The van der Waals surface area contributed by atoms with Gasteiger partial charge in [-0.15, -0.1) is 0 Å². The summed E-state index contributed by atoms with van der Waals surface area (Å²) in [6.45, 7) is 0.924. The van der Waals surface area contributed by atoms with Gasteiger partial charge in [0.25, 0.3) is 0 Å². The number of amides is 1. The Morgan fingerprint density at radius 3 is 2.69 bits per heavy atom. The average molecular weight is 353 g/mol. The SMILES string of the molecule is CNCC(=O)Nc1ccc(CCNc2ncnc3ccc(F)cc23)cc1. The number of halogens is 1. The summed E-state index contributed by atoms with van der Waals surface area (Å²) in [5.74, 6) is 0.224. The number of carbonyl (C=O) groups excluding carboxylic acids is 1. The number of benzene rings is 2. The fourth-order valence-electron chi connectivity index (χ4n) is 2.62. The maximum absolute atomic E-state index is 13.5. The van der Waals surface area contributed by atoms with E-state index >= 15 is 0 Å². The Morgan fingerprint density at radius 1 is 1.12 bits per heavy atom. The summed E-state index contributed by atoms with van der Waals surface area (Å²) in [4.78, 5) is 19.9. The highest BCUT2D eigenvalue weighted by atomic mass is 19.1. The van der Waals surface area contributed by atoms with E-state index in [9.17, 15) is 9.18 Å². The molecule has 0 bridgehead atoms. The zero-order chi connectivity index (χ0) is 18.4. The van der Waals surface area contributed by atoms with E-state index in [4.69, 9.17) is 0 Å². The Labute approximate surface area is 150 Å². The summed E-state index contributed by atoms with van der Waals surface area (Å²) < 4.78 is 13.5.